The Morgan fingerprint density at radius 3 is 2.86 bits per heavy atom. The number of rotatable bonds is 4. The van der Waals surface area contributed by atoms with Crippen LogP contribution in [0.15, 0.2) is 6.07 Å². The van der Waals surface area contributed by atoms with Crippen LogP contribution >= 0.6 is 11.3 Å². The molecule has 1 spiro atoms. The summed E-state index contributed by atoms with van der Waals surface area (Å²) in [5.41, 5.74) is 1.40. The predicted octanol–water partition coefficient (Wildman–Crippen LogP) is 2.68. The van der Waals surface area contributed by atoms with Crippen LogP contribution in [0.5, 0.6) is 0 Å². The topological polar surface area (TPSA) is 46.6 Å². The summed E-state index contributed by atoms with van der Waals surface area (Å²) in [5, 5.41) is 0. The summed E-state index contributed by atoms with van der Waals surface area (Å²) in [6.07, 6.45) is 4.78. The molecule has 1 aromatic rings. The van der Waals surface area contributed by atoms with E-state index in [2.05, 4.69) is 6.07 Å². The molecule has 2 fully saturated rings. The highest BCUT2D eigenvalue weighted by Gasteiger charge is 2.53. The molecule has 112 valence electrons. The van der Waals surface area contributed by atoms with Crippen LogP contribution in [-0.2, 0) is 14.9 Å². The lowest BCUT2D eigenvalue weighted by atomic mass is 9.91. The SMILES string of the molecule is CCOC(=O)CN1CC2(CC2)c2cc(C3CC3)sc2C1=O. The van der Waals surface area contributed by atoms with Gasteiger partial charge in [-0.3, -0.25) is 9.59 Å². The Bertz CT molecular complexity index is 613. The van der Waals surface area contributed by atoms with Crippen molar-refractivity contribution in [1.29, 1.82) is 0 Å². The fraction of sp³-hybridized carbons (Fsp3) is 0.625. The van der Waals surface area contributed by atoms with E-state index in [1.807, 2.05) is 0 Å². The third kappa shape index (κ3) is 2.18. The molecule has 2 aliphatic carbocycles. The molecule has 21 heavy (non-hydrogen) atoms. The number of esters is 1. The minimum atomic E-state index is -0.302. The number of nitrogens with zero attached hydrogens (tertiary/aromatic N) is 1. The van der Waals surface area contributed by atoms with Crippen LogP contribution < -0.4 is 0 Å². The Labute approximate surface area is 128 Å². The van der Waals surface area contributed by atoms with Gasteiger partial charge in [-0.05, 0) is 50.2 Å². The molecule has 0 atom stereocenters. The van der Waals surface area contributed by atoms with E-state index in [0.29, 0.717) is 19.1 Å². The minimum Gasteiger partial charge on any atom is -0.465 e. The van der Waals surface area contributed by atoms with E-state index >= 15 is 0 Å². The molecule has 3 aliphatic rings. The Morgan fingerprint density at radius 2 is 2.24 bits per heavy atom. The maximum atomic E-state index is 12.7. The maximum absolute atomic E-state index is 12.7. The minimum absolute atomic E-state index is 0.0208. The van der Waals surface area contributed by atoms with E-state index in [1.165, 1.54) is 23.3 Å². The molecule has 1 amide bonds. The lowest BCUT2D eigenvalue weighted by Crippen LogP contribution is -2.45. The molecule has 4 rings (SSSR count). The van der Waals surface area contributed by atoms with Crippen LogP contribution in [0.3, 0.4) is 0 Å². The van der Waals surface area contributed by atoms with Crippen molar-refractivity contribution in [3.8, 4) is 0 Å². The molecule has 1 aromatic heterocycles. The van der Waals surface area contributed by atoms with Gasteiger partial charge in [0.1, 0.15) is 6.54 Å². The standard InChI is InChI=1S/C16H19NO3S/c1-2-20-13(18)8-17-9-16(5-6-16)11-7-12(10-3-4-10)21-14(11)15(17)19/h7,10H,2-6,8-9H2,1H3. The monoisotopic (exact) mass is 305 g/mol. The van der Waals surface area contributed by atoms with Crippen molar-refractivity contribution in [1.82, 2.24) is 4.90 Å². The van der Waals surface area contributed by atoms with Crippen molar-refractivity contribution in [2.75, 3.05) is 19.7 Å². The van der Waals surface area contributed by atoms with Gasteiger partial charge in [-0.1, -0.05) is 0 Å². The van der Waals surface area contributed by atoms with Crippen molar-refractivity contribution in [2.24, 2.45) is 0 Å². The maximum Gasteiger partial charge on any atom is 0.325 e. The second kappa shape index (κ2) is 4.57. The first-order chi connectivity index (χ1) is 10.1. The van der Waals surface area contributed by atoms with Crippen molar-refractivity contribution in [2.45, 2.75) is 43.9 Å². The first-order valence-corrected chi connectivity index (χ1v) is 8.54. The van der Waals surface area contributed by atoms with Crippen LogP contribution in [0.25, 0.3) is 0 Å². The number of carbonyl (C=O) groups is 2. The van der Waals surface area contributed by atoms with Gasteiger partial charge in [0.15, 0.2) is 0 Å². The summed E-state index contributed by atoms with van der Waals surface area (Å²) in [6, 6.07) is 2.28. The van der Waals surface area contributed by atoms with E-state index in [1.54, 1.807) is 23.2 Å². The Morgan fingerprint density at radius 1 is 1.48 bits per heavy atom. The Hall–Kier alpha value is -1.36. The highest BCUT2D eigenvalue weighted by atomic mass is 32.1. The molecule has 0 bridgehead atoms. The van der Waals surface area contributed by atoms with Crippen LogP contribution in [0.2, 0.25) is 0 Å². The van der Waals surface area contributed by atoms with Crippen molar-refractivity contribution in [3.05, 3.63) is 21.4 Å². The van der Waals surface area contributed by atoms with Gasteiger partial charge in [-0.25, -0.2) is 0 Å². The number of carbonyl (C=O) groups excluding carboxylic acids is 2. The normalized spacial score (nSPS) is 22.3. The predicted molar refractivity (Wildman–Crippen MR) is 79.7 cm³/mol. The lowest BCUT2D eigenvalue weighted by molar-refractivity contribution is -0.143. The molecule has 2 saturated carbocycles. The first-order valence-electron chi connectivity index (χ1n) is 7.72. The smallest absolute Gasteiger partial charge is 0.325 e. The summed E-state index contributed by atoms with van der Waals surface area (Å²) in [6.45, 7) is 2.92. The molecule has 0 saturated heterocycles. The van der Waals surface area contributed by atoms with Crippen molar-refractivity contribution in [3.63, 3.8) is 0 Å². The van der Waals surface area contributed by atoms with Crippen LogP contribution in [0.4, 0.5) is 0 Å². The molecular weight excluding hydrogens is 286 g/mol. The fourth-order valence-corrected chi connectivity index (χ4v) is 4.68. The molecule has 5 heteroatoms. The quantitative estimate of drug-likeness (QED) is 0.804. The van der Waals surface area contributed by atoms with Gasteiger partial charge in [-0.2, -0.15) is 0 Å². The van der Waals surface area contributed by atoms with Gasteiger partial charge in [0.25, 0.3) is 5.91 Å². The van der Waals surface area contributed by atoms with Gasteiger partial charge >= 0.3 is 5.97 Å². The molecule has 2 heterocycles. The highest BCUT2D eigenvalue weighted by molar-refractivity contribution is 7.14. The summed E-state index contributed by atoms with van der Waals surface area (Å²) in [5.74, 6) is 0.402. The second-order valence-electron chi connectivity index (χ2n) is 6.41. The number of hydrogen-bond acceptors (Lipinski definition) is 4. The fourth-order valence-electron chi connectivity index (χ4n) is 3.27. The van der Waals surface area contributed by atoms with Crippen molar-refractivity contribution < 1.29 is 14.3 Å². The van der Waals surface area contributed by atoms with E-state index in [-0.39, 0.29) is 23.8 Å². The van der Waals surface area contributed by atoms with E-state index in [9.17, 15) is 9.59 Å². The summed E-state index contributed by atoms with van der Waals surface area (Å²) in [7, 11) is 0. The Balaban J connectivity index is 1.62. The largest absolute Gasteiger partial charge is 0.465 e. The van der Waals surface area contributed by atoms with Crippen LogP contribution in [0.1, 0.15) is 58.6 Å². The average Bonchev–Trinajstić information content (AvgIpc) is 3.37. The molecule has 0 N–H and O–H groups in total. The van der Waals surface area contributed by atoms with Gasteiger partial charge < -0.3 is 9.64 Å². The zero-order chi connectivity index (χ0) is 14.6. The number of ether oxygens (including phenoxy) is 1. The molecular formula is C16H19NO3S. The summed E-state index contributed by atoms with van der Waals surface area (Å²) in [4.78, 5) is 28.3. The molecule has 0 unspecified atom stereocenters. The van der Waals surface area contributed by atoms with E-state index < -0.39 is 0 Å². The molecule has 1 aliphatic heterocycles. The number of amides is 1. The second-order valence-corrected chi connectivity index (χ2v) is 7.50. The lowest BCUT2D eigenvalue weighted by Gasteiger charge is -2.32. The van der Waals surface area contributed by atoms with E-state index in [0.717, 1.165) is 17.7 Å². The van der Waals surface area contributed by atoms with Gasteiger partial charge in [-0.15, -0.1) is 11.3 Å². The van der Waals surface area contributed by atoms with Gasteiger partial charge in [0.05, 0.1) is 11.5 Å². The van der Waals surface area contributed by atoms with Gasteiger partial charge in [0.2, 0.25) is 0 Å². The number of thiophene rings is 1. The van der Waals surface area contributed by atoms with Crippen molar-refractivity contribution >= 4 is 23.2 Å². The molecule has 4 nitrogen and oxygen atoms in total. The third-order valence-corrected chi connectivity index (χ3v) is 6.04. The number of fused-ring (bicyclic) bond motifs is 2. The van der Waals surface area contributed by atoms with Gasteiger partial charge in [0, 0.05) is 16.8 Å². The summed E-state index contributed by atoms with van der Waals surface area (Å²) >= 11 is 1.66. The first kappa shape index (κ1) is 13.3. The van der Waals surface area contributed by atoms with Crippen LogP contribution in [-0.4, -0.2) is 36.5 Å². The van der Waals surface area contributed by atoms with E-state index in [4.69, 9.17) is 4.74 Å². The number of hydrogen-bond donors (Lipinski definition) is 0. The third-order valence-electron chi connectivity index (χ3n) is 4.76. The zero-order valence-electron chi connectivity index (χ0n) is 12.2. The molecule has 0 radical (unpaired) electrons. The zero-order valence-corrected chi connectivity index (χ0v) is 13.0. The summed E-state index contributed by atoms with van der Waals surface area (Å²) < 4.78 is 4.99. The Kier molecular flexibility index (Phi) is 2.89. The highest BCUT2D eigenvalue weighted by Crippen LogP contribution is 2.56. The van der Waals surface area contributed by atoms with Crippen LogP contribution in [0, 0.1) is 0 Å². The average molecular weight is 305 g/mol. The molecule has 0 aromatic carbocycles.